The van der Waals surface area contributed by atoms with Crippen LogP contribution in [0.1, 0.15) is 41.2 Å². The van der Waals surface area contributed by atoms with Crippen molar-refractivity contribution in [2.45, 2.75) is 33.3 Å². The molecule has 16 heavy (non-hydrogen) atoms. The largest absolute Gasteiger partial charge is 0.477 e. The number of hydrogen-bond acceptors (Lipinski definition) is 3. The van der Waals surface area contributed by atoms with Crippen molar-refractivity contribution in [3.8, 4) is 0 Å². The van der Waals surface area contributed by atoms with E-state index in [1.54, 1.807) is 6.07 Å². The summed E-state index contributed by atoms with van der Waals surface area (Å²) >= 11 is 1.28. The highest BCUT2D eigenvalue weighted by Crippen LogP contribution is 2.17. The Morgan fingerprint density at radius 2 is 2.25 bits per heavy atom. The van der Waals surface area contributed by atoms with Crippen molar-refractivity contribution in [3.63, 3.8) is 0 Å². The van der Waals surface area contributed by atoms with E-state index >= 15 is 0 Å². The van der Waals surface area contributed by atoms with Crippen LogP contribution in [-0.4, -0.2) is 17.7 Å². The Hall–Kier alpha value is -0.870. The first kappa shape index (κ1) is 13.2. The van der Waals surface area contributed by atoms with E-state index in [-0.39, 0.29) is 0 Å². The third kappa shape index (κ3) is 4.77. The molecule has 0 saturated heterocycles. The van der Waals surface area contributed by atoms with E-state index in [1.807, 2.05) is 6.07 Å². The van der Waals surface area contributed by atoms with Crippen molar-refractivity contribution in [3.05, 3.63) is 21.9 Å². The first-order chi connectivity index (χ1) is 7.59. The predicted molar refractivity (Wildman–Crippen MR) is 65.0 cm³/mol. The summed E-state index contributed by atoms with van der Waals surface area (Å²) in [4.78, 5) is 12.0. The number of rotatable bonds is 7. The maximum Gasteiger partial charge on any atom is 0.345 e. The quantitative estimate of drug-likeness (QED) is 0.745. The monoisotopic (exact) mass is 242 g/mol. The van der Waals surface area contributed by atoms with E-state index in [9.17, 15) is 4.79 Å². The molecule has 0 radical (unpaired) electrons. The number of carbonyl (C=O) groups is 1. The highest BCUT2D eigenvalue weighted by molar-refractivity contribution is 7.13. The molecule has 0 aliphatic carbocycles. The van der Waals surface area contributed by atoms with Gasteiger partial charge in [0.1, 0.15) is 4.88 Å². The van der Waals surface area contributed by atoms with Crippen molar-refractivity contribution in [2.75, 3.05) is 6.61 Å². The van der Waals surface area contributed by atoms with Crippen LogP contribution < -0.4 is 0 Å². The number of aromatic carboxylic acids is 1. The lowest BCUT2D eigenvalue weighted by atomic mass is 10.1. The molecule has 3 nitrogen and oxygen atoms in total. The van der Waals surface area contributed by atoms with Crippen LogP contribution in [0.5, 0.6) is 0 Å². The number of ether oxygens (including phenoxy) is 1. The zero-order valence-corrected chi connectivity index (χ0v) is 10.5. The first-order valence-electron chi connectivity index (χ1n) is 5.49. The molecule has 4 heteroatoms. The lowest BCUT2D eigenvalue weighted by Gasteiger charge is -2.04. The molecule has 0 amide bonds. The van der Waals surface area contributed by atoms with Gasteiger partial charge in [-0.05, 0) is 30.9 Å². The highest BCUT2D eigenvalue weighted by atomic mass is 32.1. The molecular weight excluding hydrogens is 224 g/mol. The first-order valence-corrected chi connectivity index (χ1v) is 6.31. The van der Waals surface area contributed by atoms with Gasteiger partial charge in [0.25, 0.3) is 0 Å². The average molecular weight is 242 g/mol. The molecule has 1 N–H and O–H groups in total. The van der Waals surface area contributed by atoms with Crippen LogP contribution >= 0.6 is 11.3 Å². The fraction of sp³-hybridized carbons (Fsp3) is 0.583. The number of thiophene rings is 1. The van der Waals surface area contributed by atoms with Gasteiger partial charge in [0.2, 0.25) is 0 Å². The van der Waals surface area contributed by atoms with Crippen molar-refractivity contribution < 1.29 is 14.6 Å². The van der Waals surface area contributed by atoms with Crippen LogP contribution in [0.4, 0.5) is 0 Å². The summed E-state index contributed by atoms with van der Waals surface area (Å²) in [5, 5.41) is 8.74. The third-order valence-corrected chi connectivity index (χ3v) is 3.23. The van der Waals surface area contributed by atoms with Crippen LogP contribution in [0.3, 0.4) is 0 Å². The Morgan fingerprint density at radius 3 is 2.81 bits per heavy atom. The third-order valence-electron chi connectivity index (χ3n) is 2.19. The maximum absolute atomic E-state index is 10.6. The van der Waals surface area contributed by atoms with Gasteiger partial charge in [-0.25, -0.2) is 4.79 Å². The average Bonchev–Trinajstić information content (AvgIpc) is 2.65. The predicted octanol–water partition coefficient (Wildman–Crippen LogP) is 3.40. The molecule has 0 saturated carbocycles. The number of carboxylic acid groups (broad SMARTS) is 1. The smallest absolute Gasteiger partial charge is 0.345 e. The van der Waals surface area contributed by atoms with Gasteiger partial charge < -0.3 is 9.84 Å². The summed E-state index contributed by atoms with van der Waals surface area (Å²) in [5.41, 5.74) is 0. The van der Waals surface area contributed by atoms with Gasteiger partial charge >= 0.3 is 5.97 Å². The van der Waals surface area contributed by atoms with Crippen LogP contribution in [0, 0.1) is 5.92 Å². The minimum absolute atomic E-state index is 0.376. The summed E-state index contributed by atoms with van der Waals surface area (Å²) in [6, 6.07) is 3.44. The lowest BCUT2D eigenvalue weighted by Crippen LogP contribution is -1.96. The summed E-state index contributed by atoms with van der Waals surface area (Å²) in [7, 11) is 0. The molecule has 0 aromatic carbocycles. The molecule has 1 aromatic rings. The molecule has 0 atom stereocenters. The van der Waals surface area contributed by atoms with E-state index in [4.69, 9.17) is 9.84 Å². The van der Waals surface area contributed by atoms with E-state index in [0.29, 0.717) is 17.4 Å². The standard InChI is InChI=1S/C12H18O3S/c1-9(2)4-3-7-15-8-10-5-6-11(16-10)12(13)14/h5-6,9H,3-4,7-8H2,1-2H3,(H,13,14). The van der Waals surface area contributed by atoms with Crippen LogP contribution in [-0.2, 0) is 11.3 Å². The van der Waals surface area contributed by atoms with Gasteiger partial charge in [0.15, 0.2) is 0 Å². The summed E-state index contributed by atoms with van der Waals surface area (Å²) in [6.45, 7) is 5.66. The molecule has 1 aromatic heterocycles. The topological polar surface area (TPSA) is 46.5 Å². The van der Waals surface area contributed by atoms with Crippen LogP contribution in [0.2, 0.25) is 0 Å². The van der Waals surface area contributed by atoms with Gasteiger partial charge in [-0.3, -0.25) is 0 Å². The van der Waals surface area contributed by atoms with E-state index in [2.05, 4.69) is 13.8 Å². The van der Waals surface area contributed by atoms with Gasteiger partial charge in [-0.1, -0.05) is 13.8 Å². The van der Waals surface area contributed by atoms with Crippen molar-refractivity contribution >= 4 is 17.3 Å². The van der Waals surface area contributed by atoms with Gasteiger partial charge in [0, 0.05) is 11.5 Å². The highest BCUT2D eigenvalue weighted by Gasteiger charge is 2.06. The molecular formula is C12H18O3S. The normalized spacial score (nSPS) is 10.9. The number of hydrogen-bond donors (Lipinski definition) is 1. The lowest BCUT2D eigenvalue weighted by molar-refractivity contribution is 0.0702. The van der Waals surface area contributed by atoms with Gasteiger partial charge in [-0.2, -0.15) is 0 Å². The minimum Gasteiger partial charge on any atom is -0.477 e. The Bertz CT molecular complexity index is 331. The summed E-state index contributed by atoms with van der Waals surface area (Å²) < 4.78 is 5.48. The fourth-order valence-electron chi connectivity index (χ4n) is 1.34. The SMILES string of the molecule is CC(C)CCCOCc1ccc(C(=O)O)s1. The summed E-state index contributed by atoms with van der Waals surface area (Å²) in [5.74, 6) is -0.153. The molecule has 1 rings (SSSR count). The zero-order valence-electron chi connectivity index (χ0n) is 9.73. The fourth-order valence-corrected chi connectivity index (χ4v) is 2.12. The van der Waals surface area contributed by atoms with Gasteiger partial charge in [-0.15, -0.1) is 11.3 Å². The molecule has 0 spiro atoms. The molecule has 1 heterocycles. The van der Waals surface area contributed by atoms with E-state index in [1.165, 1.54) is 17.8 Å². The van der Waals surface area contributed by atoms with Crippen molar-refractivity contribution in [1.82, 2.24) is 0 Å². The maximum atomic E-state index is 10.6. The minimum atomic E-state index is -0.865. The number of carboxylic acids is 1. The zero-order chi connectivity index (χ0) is 12.0. The Morgan fingerprint density at radius 1 is 1.50 bits per heavy atom. The van der Waals surface area contributed by atoms with Gasteiger partial charge in [0.05, 0.1) is 6.61 Å². The Labute approximate surface area is 100 Å². The van der Waals surface area contributed by atoms with E-state index < -0.39 is 5.97 Å². The molecule has 0 fully saturated rings. The van der Waals surface area contributed by atoms with E-state index in [0.717, 1.165) is 17.9 Å². The van der Waals surface area contributed by atoms with Crippen molar-refractivity contribution in [2.24, 2.45) is 5.92 Å². The Balaban J connectivity index is 2.19. The van der Waals surface area contributed by atoms with Crippen LogP contribution in [0.25, 0.3) is 0 Å². The second kappa shape index (κ2) is 6.66. The molecule has 0 aliphatic rings. The summed E-state index contributed by atoms with van der Waals surface area (Å²) in [6.07, 6.45) is 2.24. The molecule has 0 aliphatic heterocycles. The second-order valence-electron chi connectivity index (χ2n) is 4.16. The molecule has 90 valence electrons. The Kier molecular flexibility index (Phi) is 5.49. The van der Waals surface area contributed by atoms with Crippen molar-refractivity contribution in [1.29, 1.82) is 0 Å². The second-order valence-corrected chi connectivity index (χ2v) is 5.33. The molecule has 0 unspecified atom stereocenters. The molecule has 0 bridgehead atoms. The van der Waals surface area contributed by atoms with Crippen LogP contribution in [0.15, 0.2) is 12.1 Å².